The number of aryl methyl sites for hydroxylation is 2. The maximum atomic E-state index is 6.25. The van der Waals surface area contributed by atoms with Crippen LogP contribution < -0.4 is 5.32 Å². The minimum Gasteiger partial charge on any atom is -0.307 e. The first-order valence-corrected chi connectivity index (χ1v) is 7.28. The first-order valence-electron chi connectivity index (χ1n) is 5.75. The lowest BCUT2D eigenvalue weighted by atomic mass is 10.2. The van der Waals surface area contributed by atoms with Crippen LogP contribution in [0.3, 0.4) is 0 Å². The van der Waals surface area contributed by atoms with Gasteiger partial charge >= 0.3 is 0 Å². The molecular formula is C11H18ClN3S. The van der Waals surface area contributed by atoms with Crippen LogP contribution in [0.2, 0.25) is 5.02 Å². The molecular weight excluding hydrogens is 242 g/mol. The highest BCUT2D eigenvalue weighted by molar-refractivity contribution is 7.99. The van der Waals surface area contributed by atoms with Crippen LogP contribution in [0.5, 0.6) is 0 Å². The average Bonchev–Trinajstić information content (AvgIpc) is 2.87. The molecule has 1 aromatic rings. The van der Waals surface area contributed by atoms with E-state index >= 15 is 0 Å². The number of nitrogens with one attached hydrogen (secondary N) is 1. The van der Waals surface area contributed by atoms with Gasteiger partial charge in [0.2, 0.25) is 0 Å². The molecule has 1 aliphatic heterocycles. The van der Waals surface area contributed by atoms with Crippen molar-refractivity contribution in [2.75, 3.05) is 11.5 Å². The Bertz CT molecular complexity index is 358. The third-order valence-electron chi connectivity index (χ3n) is 2.94. The van der Waals surface area contributed by atoms with Gasteiger partial charge in [0.05, 0.1) is 16.4 Å². The third kappa shape index (κ3) is 2.55. The quantitative estimate of drug-likeness (QED) is 0.901. The summed E-state index contributed by atoms with van der Waals surface area (Å²) in [5, 5.41) is 8.79. The summed E-state index contributed by atoms with van der Waals surface area (Å²) >= 11 is 8.27. The smallest absolute Gasteiger partial charge is 0.0860 e. The number of hydrogen-bond acceptors (Lipinski definition) is 3. The van der Waals surface area contributed by atoms with Crippen molar-refractivity contribution < 1.29 is 0 Å². The molecule has 5 heteroatoms. The zero-order chi connectivity index (χ0) is 11.5. The molecule has 1 saturated heterocycles. The molecule has 1 N–H and O–H groups in total. The molecule has 1 aliphatic rings. The summed E-state index contributed by atoms with van der Waals surface area (Å²) in [6.45, 7) is 5.77. The van der Waals surface area contributed by atoms with E-state index in [0.29, 0.717) is 6.04 Å². The fourth-order valence-electron chi connectivity index (χ4n) is 1.97. The van der Waals surface area contributed by atoms with Crippen molar-refractivity contribution in [2.45, 2.75) is 39.4 Å². The third-order valence-corrected chi connectivity index (χ3v) is 4.59. The van der Waals surface area contributed by atoms with Crippen molar-refractivity contribution in [1.82, 2.24) is 15.1 Å². The Morgan fingerprint density at radius 3 is 3.06 bits per heavy atom. The maximum Gasteiger partial charge on any atom is 0.0860 e. The lowest BCUT2D eigenvalue weighted by molar-refractivity contribution is 0.522. The summed E-state index contributed by atoms with van der Waals surface area (Å²) in [5.41, 5.74) is 2.06. The normalized spacial score (nSPS) is 20.6. The van der Waals surface area contributed by atoms with Gasteiger partial charge in [0.25, 0.3) is 0 Å². The second-order valence-corrected chi connectivity index (χ2v) is 5.63. The lowest BCUT2D eigenvalue weighted by Gasteiger charge is -2.12. The van der Waals surface area contributed by atoms with Gasteiger partial charge < -0.3 is 5.32 Å². The van der Waals surface area contributed by atoms with Crippen LogP contribution in [-0.4, -0.2) is 27.3 Å². The first-order chi connectivity index (χ1) is 7.72. The highest BCUT2D eigenvalue weighted by Gasteiger charge is 2.17. The van der Waals surface area contributed by atoms with Crippen LogP contribution in [0.15, 0.2) is 0 Å². The number of nitrogens with zero attached hydrogens (tertiary/aromatic N) is 2. The van der Waals surface area contributed by atoms with Crippen LogP contribution in [0.1, 0.15) is 24.7 Å². The van der Waals surface area contributed by atoms with E-state index in [9.17, 15) is 0 Å². The zero-order valence-electron chi connectivity index (χ0n) is 9.79. The van der Waals surface area contributed by atoms with Gasteiger partial charge in [-0.05, 0) is 26.0 Å². The molecule has 2 rings (SSSR count). The van der Waals surface area contributed by atoms with E-state index in [4.69, 9.17) is 11.6 Å². The number of rotatable bonds is 4. The molecule has 2 heterocycles. The van der Waals surface area contributed by atoms with Gasteiger partial charge in [0.1, 0.15) is 0 Å². The Morgan fingerprint density at radius 2 is 2.44 bits per heavy atom. The van der Waals surface area contributed by atoms with E-state index < -0.39 is 0 Å². The molecule has 0 aromatic carbocycles. The van der Waals surface area contributed by atoms with Gasteiger partial charge in [-0.2, -0.15) is 16.9 Å². The Kier molecular flexibility index (Phi) is 4.16. The Morgan fingerprint density at radius 1 is 1.62 bits per heavy atom. The number of hydrogen-bond donors (Lipinski definition) is 1. The first kappa shape index (κ1) is 12.3. The molecule has 0 spiro atoms. The molecule has 3 nitrogen and oxygen atoms in total. The molecule has 16 heavy (non-hydrogen) atoms. The summed E-state index contributed by atoms with van der Waals surface area (Å²) in [6, 6.07) is 0.640. The molecule has 1 unspecified atom stereocenters. The van der Waals surface area contributed by atoms with E-state index in [2.05, 4.69) is 17.3 Å². The van der Waals surface area contributed by atoms with Crippen molar-refractivity contribution in [3.63, 3.8) is 0 Å². The van der Waals surface area contributed by atoms with Crippen LogP contribution in [-0.2, 0) is 13.1 Å². The minimum atomic E-state index is 0.640. The Hall–Kier alpha value is -0.190. The van der Waals surface area contributed by atoms with Crippen molar-refractivity contribution in [2.24, 2.45) is 0 Å². The second kappa shape index (κ2) is 5.43. The van der Waals surface area contributed by atoms with Crippen LogP contribution >= 0.6 is 23.4 Å². The minimum absolute atomic E-state index is 0.640. The van der Waals surface area contributed by atoms with Crippen molar-refractivity contribution >= 4 is 23.4 Å². The van der Waals surface area contributed by atoms with Gasteiger partial charge in [0, 0.05) is 24.9 Å². The van der Waals surface area contributed by atoms with Gasteiger partial charge in [-0.3, -0.25) is 4.68 Å². The Labute approximate surface area is 106 Å². The van der Waals surface area contributed by atoms with E-state index in [1.165, 1.54) is 17.9 Å². The van der Waals surface area contributed by atoms with E-state index in [-0.39, 0.29) is 0 Å². The van der Waals surface area contributed by atoms with Crippen LogP contribution in [0.25, 0.3) is 0 Å². The highest BCUT2D eigenvalue weighted by atomic mass is 35.5. The Balaban J connectivity index is 2.01. The summed E-state index contributed by atoms with van der Waals surface area (Å²) in [5.74, 6) is 2.49. The molecule has 1 fully saturated rings. The highest BCUT2D eigenvalue weighted by Crippen LogP contribution is 2.22. The van der Waals surface area contributed by atoms with Gasteiger partial charge in [0.15, 0.2) is 0 Å². The molecule has 0 bridgehead atoms. The van der Waals surface area contributed by atoms with Gasteiger partial charge in [-0.1, -0.05) is 11.6 Å². The topological polar surface area (TPSA) is 29.9 Å². The summed E-state index contributed by atoms with van der Waals surface area (Å²) in [7, 11) is 0. The second-order valence-electron chi connectivity index (χ2n) is 4.10. The molecule has 0 saturated carbocycles. The van der Waals surface area contributed by atoms with Gasteiger partial charge in [-0.25, -0.2) is 0 Å². The number of aromatic nitrogens is 2. The van der Waals surface area contributed by atoms with Crippen molar-refractivity contribution in [3.8, 4) is 0 Å². The fraction of sp³-hybridized carbons (Fsp3) is 0.727. The van der Waals surface area contributed by atoms with Gasteiger partial charge in [-0.15, -0.1) is 0 Å². The monoisotopic (exact) mass is 259 g/mol. The number of halogens is 1. The van der Waals surface area contributed by atoms with Crippen LogP contribution in [0.4, 0.5) is 0 Å². The molecule has 1 aromatic heterocycles. The van der Waals surface area contributed by atoms with E-state index in [0.717, 1.165) is 29.5 Å². The summed E-state index contributed by atoms with van der Waals surface area (Å²) in [6.07, 6.45) is 1.27. The molecule has 1 atom stereocenters. The summed E-state index contributed by atoms with van der Waals surface area (Å²) in [4.78, 5) is 0. The van der Waals surface area contributed by atoms with Crippen molar-refractivity contribution in [3.05, 3.63) is 16.4 Å². The molecule has 90 valence electrons. The van der Waals surface area contributed by atoms with E-state index in [1.807, 2.05) is 23.4 Å². The lowest BCUT2D eigenvalue weighted by Crippen LogP contribution is -2.29. The zero-order valence-corrected chi connectivity index (χ0v) is 11.4. The standard InChI is InChI=1S/C11H18ClN3S/c1-3-15-10(11(12)8(2)14-15)6-13-9-4-5-16-7-9/h9,13H,3-7H2,1-2H3. The molecule has 0 amide bonds. The van der Waals surface area contributed by atoms with Crippen molar-refractivity contribution in [1.29, 1.82) is 0 Å². The fourth-order valence-corrected chi connectivity index (χ4v) is 3.36. The largest absolute Gasteiger partial charge is 0.307 e. The predicted octanol–water partition coefficient (Wildman–Crippen LogP) is 2.46. The summed E-state index contributed by atoms with van der Waals surface area (Å²) < 4.78 is 1.99. The average molecular weight is 260 g/mol. The predicted molar refractivity (Wildman–Crippen MR) is 70.2 cm³/mol. The van der Waals surface area contributed by atoms with E-state index in [1.54, 1.807) is 0 Å². The molecule has 0 radical (unpaired) electrons. The van der Waals surface area contributed by atoms with Crippen LogP contribution in [0, 0.1) is 6.92 Å². The SMILES string of the molecule is CCn1nc(C)c(Cl)c1CNC1CCSC1. The maximum absolute atomic E-state index is 6.25. The molecule has 0 aliphatic carbocycles. The number of thioether (sulfide) groups is 1.